The molecule has 3 aromatic rings. The lowest BCUT2D eigenvalue weighted by atomic mass is 10.2. The van der Waals surface area contributed by atoms with E-state index in [4.69, 9.17) is 14.7 Å². The van der Waals surface area contributed by atoms with Crippen molar-refractivity contribution >= 4 is 23.2 Å². The molecule has 2 fully saturated rings. The van der Waals surface area contributed by atoms with E-state index in [9.17, 15) is 4.79 Å². The van der Waals surface area contributed by atoms with Gasteiger partial charge in [-0.1, -0.05) is 12.1 Å². The molecule has 1 aromatic carbocycles. The third-order valence-corrected chi connectivity index (χ3v) is 7.07. The minimum absolute atomic E-state index is 0.130. The van der Waals surface area contributed by atoms with Crippen molar-refractivity contribution in [1.82, 2.24) is 29.5 Å². The van der Waals surface area contributed by atoms with E-state index in [1.165, 1.54) is 0 Å². The van der Waals surface area contributed by atoms with E-state index in [2.05, 4.69) is 38.1 Å². The summed E-state index contributed by atoms with van der Waals surface area (Å²) in [6, 6.07) is 10.0. The van der Waals surface area contributed by atoms with Crippen molar-refractivity contribution in [3.8, 4) is 17.1 Å². The third kappa shape index (κ3) is 4.03. The van der Waals surface area contributed by atoms with Crippen LogP contribution in [-0.4, -0.2) is 101 Å². The standard InChI is InChI=1S/C25H31N9O2/c1-3-33-24-21(27-25(33)32-11-10-30(2)20(35)17-32)23(31-12-14-36-15-13-31)28-22(29-24)18-6-4-7-19(16-18)34-9-5-8-26-34/h4-9,16,25,27H,3,10-15,17H2,1-2H3. The van der Waals surface area contributed by atoms with E-state index in [0.29, 0.717) is 32.1 Å². The fourth-order valence-corrected chi connectivity index (χ4v) is 5.04. The number of morpholine rings is 1. The molecule has 1 amide bonds. The number of hydrogen-bond acceptors (Lipinski definition) is 9. The van der Waals surface area contributed by atoms with Crippen LogP contribution in [0.5, 0.6) is 0 Å². The number of carbonyl (C=O) groups excluding carboxylic acids is 1. The summed E-state index contributed by atoms with van der Waals surface area (Å²) in [4.78, 5) is 31.1. The molecule has 2 saturated heterocycles. The number of piperazine rings is 1. The summed E-state index contributed by atoms with van der Waals surface area (Å²) in [7, 11) is 1.86. The Morgan fingerprint density at radius 1 is 1.08 bits per heavy atom. The molecular weight excluding hydrogens is 458 g/mol. The number of hydrogen-bond donors (Lipinski definition) is 1. The van der Waals surface area contributed by atoms with Gasteiger partial charge in [-0.2, -0.15) is 5.10 Å². The lowest BCUT2D eigenvalue weighted by molar-refractivity contribution is -0.135. The number of carbonyl (C=O) groups is 1. The molecule has 1 atom stereocenters. The van der Waals surface area contributed by atoms with E-state index in [0.717, 1.165) is 54.8 Å². The number of nitrogens with zero attached hydrogens (tertiary/aromatic N) is 8. The van der Waals surface area contributed by atoms with E-state index >= 15 is 0 Å². The van der Waals surface area contributed by atoms with Gasteiger partial charge in [-0.15, -0.1) is 0 Å². The van der Waals surface area contributed by atoms with Crippen LogP contribution >= 0.6 is 0 Å². The van der Waals surface area contributed by atoms with Gasteiger partial charge < -0.3 is 24.8 Å². The monoisotopic (exact) mass is 489 g/mol. The molecule has 0 bridgehead atoms. The summed E-state index contributed by atoms with van der Waals surface area (Å²) in [5.41, 5.74) is 2.80. The van der Waals surface area contributed by atoms with Crippen molar-refractivity contribution in [3.05, 3.63) is 42.7 Å². The van der Waals surface area contributed by atoms with Gasteiger partial charge in [0.15, 0.2) is 23.7 Å². The SMILES string of the molecule is CCN1c2nc(-c3cccc(-n4cccn4)c3)nc(N3CCOCC3)c2NC1N1CCN(C)C(=O)C1. The number of anilines is 3. The van der Waals surface area contributed by atoms with Gasteiger partial charge in [-0.25, -0.2) is 14.6 Å². The summed E-state index contributed by atoms with van der Waals surface area (Å²) in [5, 5.41) is 8.05. The lowest BCUT2D eigenvalue weighted by Gasteiger charge is -2.39. The second-order valence-electron chi connectivity index (χ2n) is 9.26. The Morgan fingerprint density at radius 2 is 1.92 bits per heavy atom. The predicted molar refractivity (Wildman–Crippen MR) is 137 cm³/mol. The first-order chi connectivity index (χ1) is 17.6. The predicted octanol–water partition coefficient (Wildman–Crippen LogP) is 1.48. The zero-order valence-corrected chi connectivity index (χ0v) is 20.7. The average Bonchev–Trinajstić information content (AvgIpc) is 3.59. The topological polar surface area (TPSA) is 94.9 Å². The van der Waals surface area contributed by atoms with E-state index in [1.807, 2.05) is 42.2 Å². The van der Waals surface area contributed by atoms with Crippen molar-refractivity contribution in [2.45, 2.75) is 13.2 Å². The summed E-state index contributed by atoms with van der Waals surface area (Å²) in [6.07, 6.45) is 3.54. The van der Waals surface area contributed by atoms with E-state index < -0.39 is 0 Å². The first kappa shape index (κ1) is 22.7. The molecule has 3 aliphatic rings. The van der Waals surface area contributed by atoms with Crippen molar-refractivity contribution in [2.75, 3.05) is 74.6 Å². The van der Waals surface area contributed by atoms with E-state index in [-0.39, 0.29) is 12.2 Å². The molecule has 0 spiro atoms. The number of fused-ring (bicyclic) bond motifs is 1. The second kappa shape index (κ2) is 9.40. The van der Waals surface area contributed by atoms with Gasteiger partial charge in [0.25, 0.3) is 0 Å². The number of likely N-dealkylation sites (N-methyl/N-ethyl adjacent to an activating group) is 1. The Labute approximate surface area is 210 Å². The van der Waals surface area contributed by atoms with Crippen LogP contribution in [0.3, 0.4) is 0 Å². The van der Waals surface area contributed by atoms with Crippen LogP contribution in [0.4, 0.5) is 17.3 Å². The third-order valence-electron chi connectivity index (χ3n) is 7.07. The summed E-state index contributed by atoms with van der Waals surface area (Å²) >= 11 is 0. The maximum absolute atomic E-state index is 12.5. The minimum Gasteiger partial charge on any atom is -0.378 e. The summed E-state index contributed by atoms with van der Waals surface area (Å²) in [5.74, 6) is 2.54. The maximum Gasteiger partial charge on any atom is 0.236 e. The Kier molecular flexibility index (Phi) is 5.94. The molecule has 0 radical (unpaired) electrons. The van der Waals surface area contributed by atoms with Crippen LogP contribution in [0.25, 0.3) is 17.1 Å². The molecule has 1 N–H and O–H groups in total. The number of rotatable bonds is 5. The molecule has 188 valence electrons. The number of aromatic nitrogens is 4. The normalized spacial score (nSPS) is 20.6. The van der Waals surface area contributed by atoms with Crippen molar-refractivity contribution < 1.29 is 9.53 Å². The fourth-order valence-electron chi connectivity index (χ4n) is 5.04. The molecule has 36 heavy (non-hydrogen) atoms. The molecule has 2 aromatic heterocycles. The molecule has 6 rings (SSSR count). The van der Waals surface area contributed by atoms with Crippen LogP contribution in [0.2, 0.25) is 0 Å². The fraction of sp³-hybridized carbons (Fsp3) is 0.440. The molecule has 11 heteroatoms. The molecule has 1 unspecified atom stereocenters. The lowest BCUT2D eigenvalue weighted by Crippen LogP contribution is -2.58. The molecular formula is C25H31N9O2. The second-order valence-corrected chi connectivity index (χ2v) is 9.26. The van der Waals surface area contributed by atoms with Crippen LogP contribution < -0.4 is 15.1 Å². The quantitative estimate of drug-likeness (QED) is 0.572. The first-order valence-electron chi connectivity index (χ1n) is 12.5. The van der Waals surface area contributed by atoms with Crippen LogP contribution in [0, 0.1) is 0 Å². The van der Waals surface area contributed by atoms with Crippen molar-refractivity contribution in [3.63, 3.8) is 0 Å². The highest BCUT2D eigenvalue weighted by molar-refractivity contribution is 5.86. The average molecular weight is 490 g/mol. The largest absolute Gasteiger partial charge is 0.378 e. The zero-order chi connectivity index (χ0) is 24.6. The molecule has 11 nitrogen and oxygen atoms in total. The first-order valence-corrected chi connectivity index (χ1v) is 12.5. The number of nitrogens with one attached hydrogen (secondary N) is 1. The van der Waals surface area contributed by atoms with Crippen LogP contribution in [0.15, 0.2) is 42.7 Å². The van der Waals surface area contributed by atoms with Gasteiger partial charge in [0, 0.05) is 57.7 Å². The summed E-state index contributed by atoms with van der Waals surface area (Å²) < 4.78 is 7.45. The van der Waals surface area contributed by atoms with Gasteiger partial charge >= 0.3 is 0 Å². The van der Waals surface area contributed by atoms with E-state index in [1.54, 1.807) is 11.1 Å². The smallest absolute Gasteiger partial charge is 0.236 e. The van der Waals surface area contributed by atoms with Gasteiger partial charge in [0.1, 0.15) is 5.69 Å². The highest BCUT2D eigenvalue weighted by atomic mass is 16.5. The van der Waals surface area contributed by atoms with Crippen molar-refractivity contribution in [1.29, 1.82) is 0 Å². The Balaban J connectivity index is 1.42. The van der Waals surface area contributed by atoms with Crippen molar-refractivity contribution in [2.24, 2.45) is 0 Å². The molecule has 3 aliphatic heterocycles. The van der Waals surface area contributed by atoms with Crippen LogP contribution in [0.1, 0.15) is 6.92 Å². The number of ether oxygens (including phenoxy) is 1. The maximum atomic E-state index is 12.5. The Morgan fingerprint density at radius 3 is 2.67 bits per heavy atom. The van der Waals surface area contributed by atoms with Crippen LogP contribution in [-0.2, 0) is 9.53 Å². The Bertz CT molecular complexity index is 1240. The highest BCUT2D eigenvalue weighted by Gasteiger charge is 2.39. The van der Waals surface area contributed by atoms with Gasteiger partial charge in [0.05, 0.1) is 25.4 Å². The van der Waals surface area contributed by atoms with Gasteiger partial charge in [-0.3, -0.25) is 9.69 Å². The Hall–Kier alpha value is -3.70. The van der Waals surface area contributed by atoms with Gasteiger partial charge in [-0.05, 0) is 25.1 Å². The minimum atomic E-state index is -0.151. The highest BCUT2D eigenvalue weighted by Crippen LogP contribution is 2.42. The number of benzene rings is 1. The number of amides is 1. The van der Waals surface area contributed by atoms with Gasteiger partial charge in [0.2, 0.25) is 5.91 Å². The molecule has 5 heterocycles. The molecule has 0 saturated carbocycles. The summed E-state index contributed by atoms with van der Waals surface area (Å²) in [6.45, 7) is 7.60. The molecule has 0 aliphatic carbocycles. The zero-order valence-electron chi connectivity index (χ0n) is 20.7.